The number of amides is 1. The number of carbonyl (C=O) groups excluding carboxylic acids is 1. The van der Waals surface area contributed by atoms with E-state index in [0.717, 1.165) is 28.7 Å². The van der Waals surface area contributed by atoms with Crippen LogP contribution in [0.15, 0.2) is 36.4 Å². The van der Waals surface area contributed by atoms with E-state index in [9.17, 15) is 4.79 Å². The Morgan fingerprint density at radius 2 is 1.81 bits per heavy atom. The van der Waals surface area contributed by atoms with Gasteiger partial charge >= 0.3 is 0 Å². The molecule has 0 unspecified atom stereocenters. The number of hydrogen-bond acceptors (Lipinski definition) is 8. The van der Waals surface area contributed by atoms with E-state index in [2.05, 4.69) is 15.2 Å². The first-order valence-corrected chi connectivity index (χ1v) is 11.1. The molecule has 0 bridgehead atoms. The monoisotopic (exact) mass is 454 g/mol. The fourth-order valence-electron chi connectivity index (χ4n) is 3.51. The molecule has 9 nitrogen and oxygen atoms in total. The van der Waals surface area contributed by atoms with E-state index in [1.807, 2.05) is 50.5 Å². The van der Waals surface area contributed by atoms with Crippen molar-refractivity contribution in [3.8, 4) is 11.5 Å². The number of anilines is 1. The van der Waals surface area contributed by atoms with Crippen molar-refractivity contribution in [2.75, 3.05) is 46.3 Å². The third kappa shape index (κ3) is 4.37. The molecule has 0 aliphatic rings. The topological polar surface area (TPSA) is 85.6 Å². The molecule has 0 atom stereocenters. The van der Waals surface area contributed by atoms with Crippen LogP contribution in [0.2, 0.25) is 0 Å². The average molecular weight is 455 g/mol. The number of para-hydroxylation sites is 1. The maximum absolute atomic E-state index is 13.4. The Morgan fingerprint density at radius 1 is 1.06 bits per heavy atom. The zero-order valence-electron chi connectivity index (χ0n) is 18.6. The molecular weight excluding hydrogens is 428 g/mol. The molecule has 2 aromatic heterocycles. The number of ether oxygens (including phenoxy) is 2. The van der Waals surface area contributed by atoms with Crippen LogP contribution in [0, 0.1) is 0 Å². The Kier molecular flexibility index (Phi) is 6.52. The van der Waals surface area contributed by atoms with Gasteiger partial charge in [0.05, 0.1) is 19.7 Å². The van der Waals surface area contributed by atoms with Crippen LogP contribution in [0.25, 0.3) is 21.3 Å². The lowest BCUT2D eigenvalue weighted by Gasteiger charge is -2.21. The molecule has 0 aliphatic carbocycles. The number of methoxy groups -OCH3 is 2. The molecule has 32 heavy (non-hydrogen) atoms. The number of rotatable bonds is 9. The van der Waals surface area contributed by atoms with Crippen molar-refractivity contribution in [2.24, 2.45) is 0 Å². The normalized spacial score (nSPS) is 11.4. The lowest BCUT2D eigenvalue weighted by molar-refractivity contribution is -0.119. The summed E-state index contributed by atoms with van der Waals surface area (Å²) < 4.78 is 13.5. The predicted molar refractivity (Wildman–Crippen MR) is 126 cm³/mol. The maximum Gasteiger partial charge on any atom is 0.250 e. The highest BCUT2D eigenvalue weighted by Gasteiger charge is 2.23. The summed E-state index contributed by atoms with van der Waals surface area (Å²) in [6, 6.07) is 11.3. The summed E-state index contributed by atoms with van der Waals surface area (Å²) in [5.41, 5.74) is 2.26. The second kappa shape index (κ2) is 9.49. The largest absolute Gasteiger partial charge is 0.495 e. The van der Waals surface area contributed by atoms with Gasteiger partial charge in [-0.1, -0.05) is 28.7 Å². The van der Waals surface area contributed by atoms with Gasteiger partial charge in [0.1, 0.15) is 33.8 Å². The highest BCUT2D eigenvalue weighted by molar-refractivity contribution is 7.22. The Labute approximate surface area is 190 Å². The molecule has 1 amide bonds. The molecule has 0 fully saturated rings. The molecule has 10 heteroatoms. The van der Waals surface area contributed by atoms with E-state index in [4.69, 9.17) is 14.5 Å². The lowest BCUT2D eigenvalue weighted by Crippen LogP contribution is -2.36. The first-order chi connectivity index (χ1) is 15.5. The van der Waals surface area contributed by atoms with E-state index in [1.165, 1.54) is 11.3 Å². The van der Waals surface area contributed by atoms with E-state index in [0.29, 0.717) is 28.7 Å². The molecule has 0 radical (unpaired) electrons. The highest BCUT2D eigenvalue weighted by Crippen LogP contribution is 2.40. The summed E-state index contributed by atoms with van der Waals surface area (Å²) in [6.45, 7) is 1.47. The molecule has 168 valence electrons. The van der Waals surface area contributed by atoms with Gasteiger partial charge in [-0.3, -0.25) is 9.69 Å². The van der Waals surface area contributed by atoms with Gasteiger partial charge in [0.2, 0.25) is 0 Å². The third-order valence-electron chi connectivity index (χ3n) is 5.12. The molecule has 0 aliphatic heterocycles. The average Bonchev–Trinajstić information content (AvgIpc) is 3.40. The van der Waals surface area contributed by atoms with Crippen molar-refractivity contribution >= 4 is 43.6 Å². The summed E-state index contributed by atoms with van der Waals surface area (Å²) in [5, 5.41) is 8.94. The summed E-state index contributed by atoms with van der Waals surface area (Å²) in [5.74, 6) is 1.25. The molecule has 2 aromatic carbocycles. The van der Waals surface area contributed by atoms with Crippen molar-refractivity contribution in [2.45, 2.75) is 13.0 Å². The molecule has 4 rings (SSSR count). The number of benzene rings is 2. The SMILES string of the molecule is COc1ccc(OC)c2sc(N(CCCN(C)C)C(=O)Cn3nnc4ccccc43)nc12. The molecule has 0 spiro atoms. The van der Waals surface area contributed by atoms with E-state index in [1.54, 1.807) is 23.8 Å². The van der Waals surface area contributed by atoms with E-state index < -0.39 is 0 Å². The van der Waals surface area contributed by atoms with Gasteiger partial charge in [0.25, 0.3) is 5.91 Å². The van der Waals surface area contributed by atoms with Gasteiger partial charge in [0, 0.05) is 6.54 Å². The number of thiazole rings is 1. The molecule has 4 aromatic rings. The van der Waals surface area contributed by atoms with Crippen LogP contribution >= 0.6 is 11.3 Å². The second-order valence-corrected chi connectivity index (χ2v) is 8.56. The van der Waals surface area contributed by atoms with Crippen molar-refractivity contribution in [1.82, 2.24) is 24.9 Å². The summed E-state index contributed by atoms with van der Waals surface area (Å²) in [7, 11) is 7.26. The van der Waals surface area contributed by atoms with Crippen molar-refractivity contribution < 1.29 is 14.3 Å². The van der Waals surface area contributed by atoms with Gasteiger partial charge in [-0.2, -0.15) is 0 Å². The number of nitrogens with zero attached hydrogens (tertiary/aromatic N) is 6. The van der Waals surface area contributed by atoms with Gasteiger partial charge < -0.3 is 14.4 Å². The Balaban J connectivity index is 1.69. The number of aromatic nitrogens is 4. The predicted octanol–water partition coefficient (Wildman–Crippen LogP) is 3.04. The van der Waals surface area contributed by atoms with Crippen LogP contribution in [0.4, 0.5) is 5.13 Å². The first-order valence-electron chi connectivity index (χ1n) is 10.3. The second-order valence-electron chi connectivity index (χ2n) is 7.58. The third-order valence-corrected chi connectivity index (χ3v) is 6.22. The summed E-state index contributed by atoms with van der Waals surface area (Å²) in [6.07, 6.45) is 0.807. The zero-order chi connectivity index (χ0) is 22.7. The maximum atomic E-state index is 13.4. The van der Waals surface area contributed by atoms with Crippen LogP contribution < -0.4 is 14.4 Å². The number of carbonyl (C=O) groups is 1. The Hall–Kier alpha value is -3.24. The van der Waals surface area contributed by atoms with Gasteiger partial charge in [-0.25, -0.2) is 9.67 Å². The van der Waals surface area contributed by atoms with Gasteiger partial charge in [0.15, 0.2) is 5.13 Å². The van der Waals surface area contributed by atoms with E-state index >= 15 is 0 Å². The zero-order valence-corrected chi connectivity index (χ0v) is 19.4. The minimum atomic E-state index is -0.101. The Morgan fingerprint density at radius 3 is 2.56 bits per heavy atom. The van der Waals surface area contributed by atoms with Gasteiger partial charge in [-0.05, 0) is 51.3 Å². The van der Waals surface area contributed by atoms with Gasteiger partial charge in [-0.15, -0.1) is 5.10 Å². The Bertz CT molecular complexity index is 1190. The van der Waals surface area contributed by atoms with Crippen LogP contribution in [0.1, 0.15) is 6.42 Å². The number of hydrogen-bond donors (Lipinski definition) is 0. The van der Waals surface area contributed by atoms with Crippen molar-refractivity contribution in [1.29, 1.82) is 0 Å². The lowest BCUT2D eigenvalue weighted by atomic mass is 10.3. The molecule has 2 heterocycles. The summed E-state index contributed by atoms with van der Waals surface area (Å²) >= 11 is 1.42. The minimum Gasteiger partial charge on any atom is -0.495 e. The van der Waals surface area contributed by atoms with Crippen molar-refractivity contribution in [3.05, 3.63) is 36.4 Å². The smallest absolute Gasteiger partial charge is 0.250 e. The van der Waals surface area contributed by atoms with Crippen LogP contribution in [-0.2, 0) is 11.3 Å². The van der Waals surface area contributed by atoms with Crippen LogP contribution in [0.5, 0.6) is 11.5 Å². The van der Waals surface area contributed by atoms with Crippen molar-refractivity contribution in [3.63, 3.8) is 0 Å². The van der Waals surface area contributed by atoms with Crippen LogP contribution in [-0.4, -0.2) is 72.2 Å². The molecule has 0 saturated carbocycles. The fraction of sp³-hybridized carbons (Fsp3) is 0.364. The molecular formula is C22H26N6O3S. The highest BCUT2D eigenvalue weighted by atomic mass is 32.1. The first kappa shape index (κ1) is 22.0. The summed E-state index contributed by atoms with van der Waals surface area (Å²) in [4.78, 5) is 22.0. The number of fused-ring (bicyclic) bond motifs is 2. The molecule has 0 N–H and O–H groups in total. The molecule has 0 saturated heterocycles. The quantitative estimate of drug-likeness (QED) is 0.384. The standard InChI is InChI=1S/C22H26N6O3S/c1-26(2)12-7-13-27(19(29)14-28-16-9-6-5-8-15(16)24-25-28)22-23-20-17(30-3)10-11-18(31-4)21(20)32-22/h5-6,8-11H,7,12-14H2,1-4H3. The van der Waals surface area contributed by atoms with E-state index in [-0.39, 0.29) is 12.5 Å². The van der Waals surface area contributed by atoms with Crippen LogP contribution in [0.3, 0.4) is 0 Å². The fourth-order valence-corrected chi connectivity index (χ4v) is 4.63. The minimum absolute atomic E-state index is 0.0761.